The van der Waals surface area contributed by atoms with Gasteiger partial charge in [0.2, 0.25) is 0 Å². The predicted octanol–water partition coefficient (Wildman–Crippen LogP) is 3.02. The molecule has 2 aromatic rings. The summed E-state index contributed by atoms with van der Waals surface area (Å²) in [5.41, 5.74) is 0.925. The molecule has 2 rings (SSSR count). The van der Waals surface area contributed by atoms with Crippen LogP contribution in [0.25, 0.3) is 11.0 Å². The fourth-order valence-corrected chi connectivity index (χ4v) is 3.16. The first-order valence-corrected chi connectivity index (χ1v) is 6.28. The molecule has 0 aliphatic carbocycles. The lowest BCUT2D eigenvalue weighted by Crippen LogP contribution is -1.99. The topological polar surface area (TPSA) is 50.4 Å². The molecule has 0 fully saturated rings. The molecule has 0 aliphatic rings. The second kappa shape index (κ2) is 3.93. The third kappa shape index (κ3) is 1.86. The standard InChI is InChI=1S/C10H6I2O3/c1-4-2-7(13)15-10-5(4)3-6(11)9(14)8(10)12/h2-3,14H,1H3. The molecule has 0 saturated carbocycles. The maximum atomic E-state index is 11.2. The Morgan fingerprint density at radius 2 is 2.00 bits per heavy atom. The quantitative estimate of drug-likeness (QED) is 0.519. The van der Waals surface area contributed by atoms with E-state index in [0.29, 0.717) is 9.15 Å². The molecule has 1 aromatic heterocycles. The van der Waals surface area contributed by atoms with E-state index in [1.54, 1.807) is 0 Å². The fourth-order valence-electron chi connectivity index (χ4n) is 1.37. The first-order chi connectivity index (χ1) is 7.00. The molecule has 0 bridgehead atoms. The minimum Gasteiger partial charge on any atom is -0.506 e. The Kier molecular flexibility index (Phi) is 2.93. The first-order valence-electron chi connectivity index (χ1n) is 4.12. The largest absolute Gasteiger partial charge is 0.506 e. The summed E-state index contributed by atoms with van der Waals surface area (Å²) in [6.07, 6.45) is 0. The third-order valence-electron chi connectivity index (χ3n) is 2.11. The summed E-state index contributed by atoms with van der Waals surface area (Å²) in [7, 11) is 0. The van der Waals surface area contributed by atoms with Gasteiger partial charge in [0.15, 0.2) is 5.58 Å². The number of benzene rings is 1. The molecule has 0 spiro atoms. The summed E-state index contributed by atoms with van der Waals surface area (Å²) in [4.78, 5) is 11.2. The molecule has 0 radical (unpaired) electrons. The molecule has 0 aliphatic heterocycles. The Labute approximate surface area is 113 Å². The van der Waals surface area contributed by atoms with Crippen molar-refractivity contribution in [1.29, 1.82) is 0 Å². The van der Waals surface area contributed by atoms with Crippen molar-refractivity contribution in [1.82, 2.24) is 0 Å². The molecule has 0 saturated heterocycles. The lowest BCUT2D eigenvalue weighted by molar-refractivity contribution is 0.465. The molecule has 3 nitrogen and oxygen atoms in total. The molecular formula is C10H6I2O3. The molecule has 78 valence electrons. The van der Waals surface area contributed by atoms with Gasteiger partial charge >= 0.3 is 5.63 Å². The van der Waals surface area contributed by atoms with Gasteiger partial charge in [-0.3, -0.25) is 0 Å². The molecule has 1 aromatic carbocycles. The van der Waals surface area contributed by atoms with Crippen LogP contribution in [-0.4, -0.2) is 5.11 Å². The van der Waals surface area contributed by atoms with E-state index >= 15 is 0 Å². The minimum atomic E-state index is -0.390. The Balaban J connectivity index is 3.05. The smallest absolute Gasteiger partial charge is 0.336 e. The van der Waals surface area contributed by atoms with Crippen LogP contribution in [0.4, 0.5) is 0 Å². The summed E-state index contributed by atoms with van der Waals surface area (Å²) in [6, 6.07) is 3.26. The van der Waals surface area contributed by atoms with E-state index in [-0.39, 0.29) is 5.75 Å². The maximum absolute atomic E-state index is 11.2. The second-order valence-corrected chi connectivity index (χ2v) is 5.39. The SMILES string of the molecule is Cc1cc(=O)oc2c(I)c(O)c(I)cc12. The van der Waals surface area contributed by atoms with E-state index in [2.05, 4.69) is 0 Å². The van der Waals surface area contributed by atoms with Gasteiger partial charge in [-0.2, -0.15) is 0 Å². The van der Waals surface area contributed by atoms with Crippen LogP contribution in [-0.2, 0) is 0 Å². The molecule has 1 heterocycles. The van der Waals surface area contributed by atoms with Gasteiger partial charge in [0.1, 0.15) is 5.75 Å². The summed E-state index contributed by atoms with van der Waals surface area (Å²) in [6.45, 7) is 1.85. The molecule has 1 N–H and O–H groups in total. The lowest BCUT2D eigenvalue weighted by Gasteiger charge is -2.05. The highest BCUT2D eigenvalue weighted by Gasteiger charge is 2.12. The van der Waals surface area contributed by atoms with Crippen LogP contribution in [0.3, 0.4) is 0 Å². The predicted molar refractivity (Wildman–Crippen MR) is 74.3 cm³/mol. The number of rotatable bonds is 0. The van der Waals surface area contributed by atoms with Gasteiger partial charge in [-0.25, -0.2) is 4.79 Å². The average Bonchev–Trinajstić information content (AvgIpc) is 2.17. The Bertz CT molecular complexity index is 602. The molecule has 15 heavy (non-hydrogen) atoms. The van der Waals surface area contributed by atoms with Crippen LogP contribution in [0.5, 0.6) is 5.75 Å². The van der Waals surface area contributed by atoms with Crippen molar-refractivity contribution >= 4 is 56.2 Å². The first kappa shape index (κ1) is 11.2. The van der Waals surface area contributed by atoms with Crippen molar-refractivity contribution in [2.75, 3.05) is 0 Å². The third-order valence-corrected chi connectivity index (χ3v) is 3.93. The maximum Gasteiger partial charge on any atom is 0.336 e. The molecular weight excluding hydrogens is 422 g/mol. The zero-order chi connectivity index (χ0) is 11.2. The summed E-state index contributed by atoms with van der Waals surface area (Å²) in [5.74, 6) is 0.164. The van der Waals surface area contributed by atoms with Crippen molar-refractivity contribution in [3.05, 3.63) is 35.3 Å². The zero-order valence-corrected chi connectivity index (χ0v) is 12.0. The van der Waals surface area contributed by atoms with Gasteiger partial charge < -0.3 is 9.52 Å². The Morgan fingerprint density at radius 1 is 1.33 bits per heavy atom. The van der Waals surface area contributed by atoms with E-state index < -0.39 is 5.63 Å². The lowest BCUT2D eigenvalue weighted by atomic mass is 10.1. The number of hydrogen-bond acceptors (Lipinski definition) is 3. The van der Waals surface area contributed by atoms with Gasteiger partial charge in [-0.15, -0.1) is 0 Å². The summed E-state index contributed by atoms with van der Waals surface area (Å²) >= 11 is 4.02. The number of phenolic OH excluding ortho intramolecular Hbond substituents is 1. The van der Waals surface area contributed by atoms with Gasteiger partial charge in [0.25, 0.3) is 0 Å². The van der Waals surface area contributed by atoms with E-state index in [9.17, 15) is 9.90 Å². The number of aryl methyl sites for hydroxylation is 1. The van der Waals surface area contributed by atoms with Crippen LogP contribution in [0.2, 0.25) is 0 Å². The number of phenols is 1. The monoisotopic (exact) mass is 428 g/mol. The Hall–Kier alpha value is -0.310. The molecule has 0 atom stereocenters. The highest BCUT2D eigenvalue weighted by Crippen LogP contribution is 2.33. The number of fused-ring (bicyclic) bond motifs is 1. The number of halogens is 2. The highest BCUT2D eigenvalue weighted by atomic mass is 127. The zero-order valence-electron chi connectivity index (χ0n) is 7.67. The van der Waals surface area contributed by atoms with E-state index in [4.69, 9.17) is 4.42 Å². The average molecular weight is 428 g/mol. The van der Waals surface area contributed by atoms with Crippen LogP contribution in [0, 0.1) is 14.1 Å². The number of hydrogen-bond donors (Lipinski definition) is 1. The second-order valence-electron chi connectivity index (χ2n) is 3.15. The van der Waals surface area contributed by atoms with Gasteiger partial charge in [-0.05, 0) is 63.7 Å². The summed E-state index contributed by atoms with van der Waals surface area (Å²) in [5, 5.41) is 10.6. The Morgan fingerprint density at radius 3 is 2.67 bits per heavy atom. The van der Waals surface area contributed by atoms with Crippen LogP contribution >= 0.6 is 45.2 Å². The van der Waals surface area contributed by atoms with Crippen molar-refractivity contribution in [3.8, 4) is 5.75 Å². The van der Waals surface area contributed by atoms with Crippen LogP contribution in [0.15, 0.2) is 21.3 Å². The summed E-state index contributed by atoms with van der Waals surface area (Å²) < 4.78 is 6.41. The molecule has 0 amide bonds. The normalized spacial score (nSPS) is 10.9. The highest BCUT2D eigenvalue weighted by molar-refractivity contribution is 14.1. The molecule has 0 unspecified atom stereocenters. The van der Waals surface area contributed by atoms with Gasteiger partial charge in [0, 0.05) is 11.5 Å². The molecule has 5 heteroatoms. The fraction of sp³-hybridized carbons (Fsp3) is 0.100. The van der Waals surface area contributed by atoms with Crippen molar-refractivity contribution < 1.29 is 9.52 Å². The van der Waals surface area contributed by atoms with E-state index in [0.717, 1.165) is 14.5 Å². The van der Waals surface area contributed by atoms with Crippen LogP contribution < -0.4 is 5.63 Å². The van der Waals surface area contributed by atoms with Crippen molar-refractivity contribution in [3.63, 3.8) is 0 Å². The minimum absolute atomic E-state index is 0.164. The van der Waals surface area contributed by atoms with E-state index in [1.807, 2.05) is 58.2 Å². The van der Waals surface area contributed by atoms with E-state index in [1.165, 1.54) is 6.07 Å². The van der Waals surface area contributed by atoms with Crippen molar-refractivity contribution in [2.24, 2.45) is 0 Å². The van der Waals surface area contributed by atoms with Gasteiger partial charge in [-0.1, -0.05) is 0 Å². The van der Waals surface area contributed by atoms with Crippen LogP contribution in [0.1, 0.15) is 5.56 Å². The van der Waals surface area contributed by atoms with Gasteiger partial charge in [0.05, 0.1) is 7.14 Å². The number of aromatic hydroxyl groups is 1. The van der Waals surface area contributed by atoms with Crippen molar-refractivity contribution in [2.45, 2.75) is 6.92 Å².